The van der Waals surface area contributed by atoms with Crippen LogP contribution in [0.4, 0.5) is 0 Å². The third-order valence-electron chi connectivity index (χ3n) is 1.54. The Morgan fingerprint density at radius 2 is 2.30 bits per heavy atom. The summed E-state index contributed by atoms with van der Waals surface area (Å²) in [5.74, 6) is -1.65. The van der Waals surface area contributed by atoms with Crippen molar-refractivity contribution in [3.05, 3.63) is 0 Å². The van der Waals surface area contributed by atoms with Gasteiger partial charge in [-0.1, -0.05) is 0 Å². The topological polar surface area (TPSA) is 87.1 Å². The maximum atomic E-state index is 10.4. The first-order valence-corrected chi connectivity index (χ1v) is 2.84. The lowest BCUT2D eigenvalue weighted by Crippen LogP contribution is -2.45. The summed E-state index contributed by atoms with van der Waals surface area (Å²) in [5.41, 5.74) is 3.09. The highest BCUT2D eigenvalue weighted by molar-refractivity contribution is 5.83. The fourth-order valence-corrected chi connectivity index (χ4v) is 0.339. The Bertz CT molecular complexity index is 181. The number of amides is 1. The Kier molecular flexibility index (Phi) is 2.38. The van der Waals surface area contributed by atoms with E-state index in [2.05, 4.69) is 0 Å². The third-order valence-corrected chi connectivity index (χ3v) is 1.54. The molecule has 2 atom stereocenters. The number of nitriles is 1. The summed E-state index contributed by atoms with van der Waals surface area (Å²) in [5, 5.41) is 17.5. The fourth-order valence-electron chi connectivity index (χ4n) is 0.339. The number of rotatable bonds is 2. The minimum Gasteiger partial charge on any atom is -0.379 e. The molecule has 56 valence electrons. The highest BCUT2D eigenvalue weighted by Gasteiger charge is 2.34. The van der Waals surface area contributed by atoms with Crippen LogP contribution in [0.2, 0.25) is 0 Å². The second kappa shape index (κ2) is 2.67. The van der Waals surface area contributed by atoms with Crippen molar-refractivity contribution in [1.82, 2.24) is 0 Å². The minimum absolute atomic E-state index is 0.773. The van der Waals surface area contributed by atoms with Crippen molar-refractivity contribution in [2.75, 3.05) is 0 Å². The molecule has 0 radical (unpaired) electrons. The van der Waals surface area contributed by atoms with Crippen LogP contribution in [-0.4, -0.2) is 16.6 Å². The lowest BCUT2D eigenvalue weighted by molar-refractivity contribution is -0.137. The molecule has 0 saturated heterocycles. The van der Waals surface area contributed by atoms with Gasteiger partial charge in [-0.25, -0.2) is 0 Å². The first-order chi connectivity index (χ1) is 4.42. The molecule has 10 heavy (non-hydrogen) atoms. The molecule has 0 spiro atoms. The third kappa shape index (κ3) is 1.45. The molecule has 0 aliphatic rings. The van der Waals surface area contributed by atoms with Crippen LogP contribution in [0.5, 0.6) is 0 Å². The molecule has 0 rings (SSSR count). The molecule has 0 aliphatic heterocycles. The number of aliphatic hydroxyl groups is 1. The second-order valence-corrected chi connectivity index (χ2v) is 2.36. The Morgan fingerprint density at radius 3 is 2.40 bits per heavy atom. The largest absolute Gasteiger partial charge is 0.379 e. The zero-order valence-electron chi connectivity index (χ0n) is 5.96. The van der Waals surface area contributed by atoms with Crippen LogP contribution in [0.1, 0.15) is 13.8 Å². The predicted octanol–water partition coefficient (Wildman–Crippen LogP) is -0.618. The Balaban J connectivity index is 4.43. The van der Waals surface area contributed by atoms with E-state index in [1.54, 1.807) is 6.07 Å². The summed E-state index contributed by atoms with van der Waals surface area (Å²) in [6.45, 7) is 2.66. The quantitative estimate of drug-likeness (QED) is 0.538. The number of carbonyl (C=O) groups is 1. The van der Waals surface area contributed by atoms with Gasteiger partial charge in [-0.05, 0) is 13.8 Å². The van der Waals surface area contributed by atoms with Crippen LogP contribution in [-0.2, 0) is 4.79 Å². The van der Waals surface area contributed by atoms with E-state index in [0.717, 1.165) is 0 Å². The van der Waals surface area contributed by atoms with E-state index in [0.29, 0.717) is 0 Å². The van der Waals surface area contributed by atoms with Crippen LogP contribution in [0.15, 0.2) is 0 Å². The molecular formula is C6H10N2O2. The van der Waals surface area contributed by atoms with E-state index in [1.165, 1.54) is 13.8 Å². The molecule has 0 unspecified atom stereocenters. The summed E-state index contributed by atoms with van der Waals surface area (Å²) >= 11 is 0. The van der Waals surface area contributed by atoms with E-state index >= 15 is 0 Å². The zero-order chi connectivity index (χ0) is 8.36. The normalized spacial score (nSPS) is 18.6. The second-order valence-electron chi connectivity index (χ2n) is 2.36. The number of nitrogens with zero attached hydrogens (tertiary/aromatic N) is 1. The van der Waals surface area contributed by atoms with Gasteiger partial charge in [-0.2, -0.15) is 5.26 Å². The lowest BCUT2D eigenvalue weighted by atomic mass is 9.92. The Hall–Kier alpha value is -1.08. The monoisotopic (exact) mass is 142 g/mol. The van der Waals surface area contributed by atoms with Crippen LogP contribution >= 0.6 is 0 Å². The van der Waals surface area contributed by atoms with Gasteiger partial charge in [0.25, 0.3) is 0 Å². The molecule has 0 aromatic heterocycles. The van der Waals surface area contributed by atoms with E-state index in [4.69, 9.17) is 16.1 Å². The molecule has 3 N–H and O–H groups in total. The maximum absolute atomic E-state index is 10.4. The molecule has 1 amide bonds. The summed E-state index contributed by atoms with van der Waals surface area (Å²) in [4.78, 5) is 10.4. The highest BCUT2D eigenvalue weighted by Crippen LogP contribution is 2.14. The Labute approximate surface area is 59.3 Å². The molecule has 4 nitrogen and oxygen atoms in total. The van der Waals surface area contributed by atoms with E-state index in [1.807, 2.05) is 0 Å². The van der Waals surface area contributed by atoms with Crippen molar-refractivity contribution < 1.29 is 9.90 Å². The zero-order valence-corrected chi connectivity index (χ0v) is 5.96. The fraction of sp³-hybridized carbons (Fsp3) is 0.667. The molecule has 0 aromatic carbocycles. The SMILES string of the molecule is C[C@@H](C#N)[C@@](C)(O)C(N)=O. The van der Waals surface area contributed by atoms with Gasteiger partial charge >= 0.3 is 0 Å². The van der Waals surface area contributed by atoms with E-state index < -0.39 is 17.4 Å². The maximum Gasteiger partial charge on any atom is 0.250 e. The predicted molar refractivity (Wildman–Crippen MR) is 34.6 cm³/mol. The number of primary amides is 1. The van der Waals surface area contributed by atoms with Crippen molar-refractivity contribution in [3.63, 3.8) is 0 Å². The van der Waals surface area contributed by atoms with Crippen molar-refractivity contribution in [2.24, 2.45) is 11.7 Å². The van der Waals surface area contributed by atoms with E-state index in [-0.39, 0.29) is 0 Å². The Morgan fingerprint density at radius 1 is 1.90 bits per heavy atom. The van der Waals surface area contributed by atoms with Crippen LogP contribution < -0.4 is 5.73 Å². The van der Waals surface area contributed by atoms with Crippen molar-refractivity contribution in [3.8, 4) is 6.07 Å². The van der Waals surface area contributed by atoms with Gasteiger partial charge in [0.1, 0.15) is 0 Å². The average molecular weight is 142 g/mol. The van der Waals surface area contributed by atoms with Gasteiger partial charge in [0, 0.05) is 0 Å². The van der Waals surface area contributed by atoms with Gasteiger partial charge in [0.15, 0.2) is 5.60 Å². The first kappa shape index (κ1) is 8.92. The number of hydrogen-bond acceptors (Lipinski definition) is 3. The van der Waals surface area contributed by atoms with Gasteiger partial charge in [0.2, 0.25) is 5.91 Å². The van der Waals surface area contributed by atoms with Gasteiger partial charge < -0.3 is 10.8 Å². The molecule has 0 aromatic rings. The number of nitrogens with two attached hydrogens (primary N) is 1. The molecule has 0 bridgehead atoms. The molecule has 4 heteroatoms. The van der Waals surface area contributed by atoms with Crippen LogP contribution in [0.25, 0.3) is 0 Å². The van der Waals surface area contributed by atoms with Crippen molar-refractivity contribution in [1.29, 1.82) is 5.26 Å². The smallest absolute Gasteiger partial charge is 0.250 e. The summed E-state index contributed by atoms with van der Waals surface area (Å²) < 4.78 is 0. The average Bonchev–Trinajstić information content (AvgIpc) is 1.86. The minimum atomic E-state index is -1.71. The van der Waals surface area contributed by atoms with Crippen LogP contribution in [0, 0.1) is 17.2 Å². The number of hydrogen-bond donors (Lipinski definition) is 2. The van der Waals surface area contributed by atoms with E-state index in [9.17, 15) is 4.79 Å². The highest BCUT2D eigenvalue weighted by atomic mass is 16.3. The standard InChI is InChI=1S/C6H10N2O2/c1-4(3-7)6(2,10)5(8)9/h4,10H,1-2H3,(H2,8,9)/t4-,6+/m0/s1. The van der Waals surface area contributed by atoms with Crippen LogP contribution in [0.3, 0.4) is 0 Å². The molecule has 0 saturated carbocycles. The summed E-state index contributed by atoms with van der Waals surface area (Å²) in [6, 6.07) is 1.74. The first-order valence-electron chi connectivity index (χ1n) is 2.84. The summed E-state index contributed by atoms with van der Waals surface area (Å²) in [6.07, 6.45) is 0. The molecule has 0 aliphatic carbocycles. The molecule has 0 heterocycles. The lowest BCUT2D eigenvalue weighted by Gasteiger charge is -2.20. The summed E-state index contributed by atoms with van der Waals surface area (Å²) in [7, 11) is 0. The molecule has 0 fully saturated rings. The van der Waals surface area contributed by atoms with Gasteiger partial charge in [-0.3, -0.25) is 4.79 Å². The van der Waals surface area contributed by atoms with Gasteiger partial charge in [0.05, 0.1) is 12.0 Å². The number of carbonyl (C=O) groups excluding carboxylic acids is 1. The van der Waals surface area contributed by atoms with Gasteiger partial charge in [-0.15, -0.1) is 0 Å². The van der Waals surface area contributed by atoms with Crippen molar-refractivity contribution in [2.45, 2.75) is 19.4 Å². The molecular weight excluding hydrogens is 132 g/mol. The van der Waals surface area contributed by atoms with Crippen molar-refractivity contribution >= 4 is 5.91 Å².